The Morgan fingerprint density at radius 2 is 1.45 bits per heavy atom. The average Bonchev–Trinajstić information content (AvgIpc) is 3.90. The van der Waals surface area contributed by atoms with E-state index in [9.17, 15) is 57.9 Å². The fourth-order valence-corrected chi connectivity index (χ4v) is 12.3. The minimum Gasteiger partial charge on any atom is -0.386 e. The van der Waals surface area contributed by atoms with Crippen LogP contribution in [0.25, 0.3) is 11.2 Å². The summed E-state index contributed by atoms with van der Waals surface area (Å²) < 4.78 is 62.7. The number of hydrogen-bond donors (Lipinski definition) is 9. The number of phosphoric ester groups is 3. The van der Waals surface area contributed by atoms with Gasteiger partial charge in [-0.15, -0.1) is 0 Å². The molecule has 1 fully saturated rings. The summed E-state index contributed by atoms with van der Waals surface area (Å²) in [6, 6.07) is 0. The van der Waals surface area contributed by atoms with Crippen molar-refractivity contribution in [2.45, 2.75) is 194 Å². The Hall–Kier alpha value is -2.70. The number of aliphatic hydroxyl groups excluding tert-OH is 2. The molecule has 0 bridgehead atoms. The lowest BCUT2D eigenvalue weighted by Gasteiger charge is -2.30. The van der Waals surface area contributed by atoms with E-state index in [1.807, 2.05) is 6.08 Å². The first-order valence-electron chi connectivity index (χ1n) is 26.5. The van der Waals surface area contributed by atoms with Crippen LogP contribution in [0.3, 0.4) is 0 Å². The summed E-state index contributed by atoms with van der Waals surface area (Å²) in [6.45, 7) is 9.00. The number of carbonyl (C=O) groups excluding carboxylic acids is 3. The Morgan fingerprint density at radius 1 is 0.868 bits per heavy atom. The molecular formula is C48H86N7O17P3S. The summed E-state index contributed by atoms with van der Waals surface area (Å²) in [5.41, 5.74) is 4.96. The number of hydrogen-bond acceptors (Lipinski definition) is 18. The summed E-state index contributed by atoms with van der Waals surface area (Å²) in [4.78, 5) is 89.4. The molecule has 1 saturated heterocycles. The molecule has 0 aromatic carbocycles. The van der Waals surface area contributed by atoms with Crippen LogP contribution in [-0.2, 0) is 50.7 Å². The smallest absolute Gasteiger partial charge is 0.386 e. The van der Waals surface area contributed by atoms with Gasteiger partial charge in [-0.05, 0) is 30.8 Å². The van der Waals surface area contributed by atoms with Crippen molar-refractivity contribution in [1.82, 2.24) is 30.2 Å². The van der Waals surface area contributed by atoms with Crippen LogP contribution in [0.1, 0.15) is 170 Å². The Bertz CT molecular complexity index is 2270. The lowest BCUT2D eigenvalue weighted by atomic mass is 9.87. The van der Waals surface area contributed by atoms with Crippen molar-refractivity contribution < 1.29 is 80.5 Å². The third kappa shape index (κ3) is 25.6. The molecule has 28 heteroatoms. The molecule has 10 N–H and O–H groups in total. The van der Waals surface area contributed by atoms with E-state index in [2.05, 4.69) is 55.2 Å². The SMILES string of the molecule is CCCCCCCCCCCCCCCCCCC(C)CC(C)/C=C(\C)C(=O)SCCNC(=O)CCNC(=O)[C@H](O)C(C)(C)COP(=O)(O)OP(=O)(O)OC[C@H]1O[C@@H](n2cnc3c(N)ncnc32)[C@H](O)[C@@H]1OP(=O)(O)O. The number of nitrogens with two attached hydrogens (primary N) is 1. The quantitative estimate of drug-likeness (QED) is 0.0174. The number of carbonyl (C=O) groups is 3. The Kier molecular flexibility index (Phi) is 30.0. The third-order valence-corrected chi connectivity index (χ3v) is 17.0. The highest BCUT2D eigenvalue weighted by atomic mass is 32.2. The summed E-state index contributed by atoms with van der Waals surface area (Å²) in [6.07, 6.45) is 18.9. The number of aliphatic hydroxyl groups is 2. The summed E-state index contributed by atoms with van der Waals surface area (Å²) in [5, 5.41) is 26.7. The summed E-state index contributed by atoms with van der Waals surface area (Å²) in [7, 11) is -16.4. The van der Waals surface area contributed by atoms with Crippen molar-refractivity contribution >= 4 is 69.1 Å². The molecule has 1 aliphatic heterocycles. The number of phosphoric acid groups is 3. The second-order valence-corrected chi connectivity index (χ2v) is 25.8. The van der Waals surface area contributed by atoms with Crippen LogP contribution in [0.2, 0.25) is 0 Å². The second-order valence-electron chi connectivity index (χ2n) is 20.5. The van der Waals surface area contributed by atoms with Crippen molar-refractivity contribution in [3.63, 3.8) is 0 Å². The lowest BCUT2D eigenvalue weighted by Crippen LogP contribution is -2.46. The molecule has 2 aromatic rings. The van der Waals surface area contributed by atoms with E-state index < -0.39 is 84.6 Å². The van der Waals surface area contributed by atoms with E-state index in [0.717, 1.165) is 35.4 Å². The van der Waals surface area contributed by atoms with E-state index in [-0.39, 0.29) is 47.5 Å². The van der Waals surface area contributed by atoms with E-state index >= 15 is 0 Å². The number of nitrogen functional groups attached to an aromatic ring is 1. The number of aromatic nitrogens is 4. The van der Waals surface area contributed by atoms with Gasteiger partial charge in [-0.2, -0.15) is 4.31 Å². The van der Waals surface area contributed by atoms with Gasteiger partial charge in [0.15, 0.2) is 17.7 Å². The van der Waals surface area contributed by atoms with Gasteiger partial charge in [-0.25, -0.2) is 28.6 Å². The third-order valence-electron chi connectivity index (χ3n) is 12.9. The molecule has 0 spiro atoms. The molecule has 0 aliphatic carbocycles. The fourth-order valence-electron chi connectivity index (χ4n) is 8.74. The molecule has 3 rings (SSSR count). The van der Waals surface area contributed by atoms with Crippen LogP contribution in [-0.4, -0.2) is 123 Å². The molecule has 1 aliphatic rings. The molecule has 9 atom stereocenters. The predicted octanol–water partition coefficient (Wildman–Crippen LogP) is 7.92. The standard InChI is InChI=1S/C48H86N7O17P3S/c1-7-8-9-10-11-12-13-14-15-16-17-18-19-20-21-22-23-34(2)28-35(3)29-36(4)47(60)76-27-26-50-38(56)24-25-51-45(59)42(58)48(5,6)31-69-75(66,67)72-74(64,65)68-30-37-41(71-73(61,62)63)40(57)46(70-37)55-33-54-39-43(49)52-32-53-44(39)55/h29,32-35,37,40-42,46,57-58H,7-28,30-31H2,1-6H3,(H,50,56)(H,51,59)(H,64,65)(H,66,67)(H2,49,52,53)(H2,61,62,63)/b36-29+/t34?,35?,37-,40-,41-,42+,46-/m1/s1. The number of nitrogens with zero attached hydrogens (tertiary/aromatic N) is 4. The van der Waals surface area contributed by atoms with Crippen LogP contribution in [0.15, 0.2) is 24.3 Å². The topological polar surface area (TPSA) is 364 Å². The molecule has 0 saturated carbocycles. The minimum absolute atomic E-state index is 0.0327. The van der Waals surface area contributed by atoms with Gasteiger partial charge >= 0.3 is 23.5 Å². The molecule has 2 amide bonds. The van der Waals surface area contributed by atoms with Gasteiger partial charge in [-0.1, -0.05) is 162 Å². The van der Waals surface area contributed by atoms with Crippen LogP contribution < -0.4 is 16.4 Å². The minimum atomic E-state index is -5.59. The summed E-state index contributed by atoms with van der Waals surface area (Å²) in [5.74, 6) is -0.273. The van der Waals surface area contributed by atoms with Crippen molar-refractivity contribution in [1.29, 1.82) is 0 Å². The van der Waals surface area contributed by atoms with E-state index in [4.69, 9.17) is 19.5 Å². The molecule has 4 unspecified atom stereocenters. The number of rotatable bonds is 40. The van der Waals surface area contributed by atoms with E-state index in [0.29, 0.717) is 17.2 Å². The Balaban J connectivity index is 1.28. The number of anilines is 1. The fraction of sp³-hybridized carbons (Fsp3) is 0.792. The first-order chi connectivity index (χ1) is 35.8. The number of amides is 2. The van der Waals surface area contributed by atoms with Crippen molar-refractivity contribution in [3.8, 4) is 0 Å². The van der Waals surface area contributed by atoms with Crippen molar-refractivity contribution in [3.05, 3.63) is 24.3 Å². The highest BCUT2D eigenvalue weighted by molar-refractivity contribution is 8.14. The molecular weight excluding hydrogens is 1070 g/mol. The van der Waals surface area contributed by atoms with Crippen molar-refractivity contribution in [2.24, 2.45) is 17.3 Å². The molecule has 436 valence electrons. The number of nitrogens with one attached hydrogen (secondary N) is 2. The summed E-state index contributed by atoms with van der Waals surface area (Å²) >= 11 is 1.10. The number of fused-ring (bicyclic) bond motifs is 1. The maximum Gasteiger partial charge on any atom is 0.481 e. The van der Waals surface area contributed by atoms with Gasteiger partial charge in [-0.3, -0.25) is 32.5 Å². The number of allylic oxidation sites excluding steroid dienone is 1. The number of ether oxygens (including phenoxy) is 1. The molecule has 0 radical (unpaired) electrons. The predicted molar refractivity (Wildman–Crippen MR) is 288 cm³/mol. The Labute approximate surface area is 451 Å². The van der Waals surface area contributed by atoms with Gasteiger partial charge in [0.25, 0.3) is 0 Å². The zero-order valence-electron chi connectivity index (χ0n) is 45.0. The van der Waals surface area contributed by atoms with E-state index in [1.54, 1.807) is 6.92 Å². The van der Waals surface area contributed by atoms with Gasteiger partial charge < -0.3 is 50.9 Å². The lowest BCUT2D eigenvalue weighted by molar-refractivity contribution is -0.137. The first kappa shape index (κ1) is 67.6. The second kappa shape index (κ2) is 33.8. The average molecular weight is 1160 g/mol. The van der Waals surface area contributed by atoms with Crippen LogP contribution in [0.5, 0.6) is 0 Å². The molecule has 24 nitrogen and oxygen atoms in total. The maximum absolute atomic E-state index is 12.8. The normalized spacial score (nSPS) is 20.2. The van der Waals surface area contributed by atoms with Gasteiger partial charge in [0.05, 0.1) is 19.5 Å². The Morgan fingerprint density at radius 3 is 2.04 bits per heavy atom. The zero-order valence-corrected chi connectivity index (χ0v) is 48.5. The first-order valence-corrected chi connectivity index (χ1v) is 32.0. The van der Waals surface area contributed by atoms with Crippen LogP contribution in [0.4, 0.5) is 5.82 Å². The molecule has 76 heavy (non-hydrogen) atoms. The number of unbranched alkanes of at least 4 members (excludes halogenated alkanes) is 15. The number of thioether (sulfide) groups is 1. The van der Waals surface area contributed by atoms with Crippen LogP contribution in [0, 0.1) is 17.3 Å². The van der Waals surface area contributed by atoms with E-state index in [1.165, 1.54) is 123 Å². The zero-order chi connectivity index (χ0) is 56.5. The largest absolute Gasteiger partial charge is 0.481 e. The highest BCUT2D eigenvalue weighted by Gasteiger charge is 2.50. The van der Waals surface area contributed by atoms with Crippen molar-refractivity contribution in [2.75, 3.05) is 37.8 Å². The monoisotopic (exact) mass is 1160 g/mol. The number of imidazole rings is 1. The maximum atomic E-state index is 12.8. The van der Waals surface area contributed by atoms with Gasteiger partial charge in [0, 0.05) is 30.7 Å². The highest BCUT2D eigenvalue weighted by Crippen LogP contribution is 2.61. The molecule has 2 aromatic heterocycles. The molecule has 3 heterocycles. The van der Waals surface area contributed by atoms with Gasteiger partial charge in [0.2, 0.25) is 16.9 Å². The van der Waals surface area contributed by atoms with Crippen LogP contribution >= 0.6 is 35.2 Å². The van der Waals surface area contributed by atoms with Gasteiger partial charge in [0.1, 0.15) is 36.3 Å².